The molecule has 2 fully saturated rings. The van der Waals surface area contributed by atoms with E-state index in [0.29, 0.717) is 32.4 Å². The summed E-state index contributed by atoms with van der Waals surface area (Å²) in [5.74, 6) is -0.262. The highest BCUT2D eigenvalue weighted by Gasteiger charge is 2.56. The lowest BCUT2D eigenvalue weighted by Gasteiger charge is -2.56. The van der Waals surface area contributed by atoms with E-state index in [2.05, 4.69) is 4.72 Å². The molecule has 1 aliphatic carbocycles. The number of nitrogens with one attached hydrogen (secondary N) is 1. The Balaban J connectivity index is 1.85. The molecular formula is C13H24N2O6S. The summed E-state index contributed by atoms with van der Waals surface area (Å²) in [5, 5.41) is 18.9. The van der Waals surface area contributed by atoms with Crippen molar-refractivity contribution in [2.24, 2.45) is 5.41 Å². The SMILES string of the molecule is CS(=O)(=O)NCC(=O)N1CCC2(CC1)[C@H](O)C[C@@H]2OCCO. The number of piperidine rings is 1. The molecule has 0 bridgehead atoms. The molecule has 22 heavy (non-hydrogen) atoms. The standard InChI is InChI=1S/C13H24N2O6S/c1-22(19,20)14-9-12(18)15-4-2-13(3-5-15)10(17)8-11(13)21-7-6-16/h10-11,14,16-17H,2-9H2,1H3/t10-,11+/m1/s1. The van der Waals surface area contributed by atoms with Crippen LogP contribution in [-0.4, -0.2) is 80.7 Å². The van der Waals surface area contributed by atoms with Gasteiger partial charge in [0.05, 0.1) is 38.2 Å². The molecule has 1 spiro atoms. The Morgan fingerprint density at radius 2 is 2.05 bits per heavy atom. The lowest BCUT2D eigenvalue weighted by Crippen LogP contribution is -2.63. The number of aliphatic hydroxyl groups excluding tert-OH is 2. The Kier molecular flexibility index (Phi) is 5.44. The maximum Gasteiger partial charge on any atom is 0.237 e. The lowest BCUT2D eigenvalue weighted by atomic mass is 9.58. The predicted molar refractivity (Wildman–Crippen MR) is 78.5 cm³/mol. The van der Waals surface area contributed by atoms with Crippen molar-refractivity contribution in [2.75, 3.05) is 39.1 Å². The molecule has 0 aromatic rings. The van der Waals surface area contributed by atoms with Gasteiger partial charge in [-0.3, -0.25) is 4.79 Å². The minimum atomic E-state index is -3.38. The number of nitrogens with zero attached hydrogens (tertiary/aromatic N) is 1. The van der Waals surface area contributed by atoms with E-state index in [4.69, 9.17) is 9.84 Å². The topological polar surface area (TPSA) is 116 Å². The molecule has 8 nitrogen and oxygen atoms in total. The quantitative estimate of drug-likeness (QED) is 0.532. The fourth-order valence-corrected chi connectivity index (χ4v) is 3.67. The Hall–Kier alpha value is -0.740. The molecule has 2 aliphatic rings. The summed E-state index contributed by atoms with van der Waals surface area (Å²) in [7, 11) is -3.38. The monoisotopic (exact) mass is 336 g/mol. The van der Waals surface area contributed by atoms with Crippen LogP contribution in [0.4, 0.5) is 0 Å². The average Bonchev–Trinajstić information content (AvgIpc) is 2.48. The zero-order valence-electron chi connectivity index (χ0n) is 12.7. The zero-order chi connectivity index (χ0) is 16.4. The second kappa shape index (κ2) is 6.79. The minimum absolute atomic E-state index is 0.0511. The van der Waals surface area contributed by atoms with Crippen LogP contribution >= 0.6 is 0 Å². The van der Waals surface area contributed by atoms with Crippen LogP contribution in [0.25, 0.3) is 0 Å². The maximum absolute atomic E-state index is 12.0. The Morgan fingerprint density at radius 3 is 2.55 bits per heavy atom. The van der Waals surface area contributed by atoms with Gasteiger partial charge in [-0.05, 0) is 12.8 Å². The smallest absolute Gasteiger partial charge is 0.237 e. The van der Waals surface area contributed by atoms with Gasteiger partial charge in [0.25, 0.3) is 0 Å². The zero-order valence-corrected chi connectivity index (χ0v) is 13.5. The molecule has 1 saturated carbocycles. The van der Waals surface area contributed by atoms with Gasteiger partial charge in [-0.15, -0.1) is 0 Å². The number of likely N-dealkylation sites (tertiary alicyclic amines) is 1. The normalized spacial score (nSPS) is 27.7. The molecule has 0 aromatic carbocycles. The number of carbonyl (C=O) groups excluding carboxylic acids is 1. The van der Waals surface area contributed by atoms with E-state index in [9.17, 15) is 18.3 Å². The van der Waals surface area contributed by atoms with E-state index in [0.717, 1.165) is 6.26 Å². The molecule has 128 valence electrons. The van der Waals surface area contributed by atoms with Gasteiger partial charge in [0.1, 0.15) is 0 Å². The number of rotatable bonds is 6. The molecule has 0 radical (unpaired) electrons. The summed E-state index contributed by atoms with van der Waals surface area (Å²) in [6, 6.07) is 0. The first-order valence-corrected chi connectivity index (χ1v) is 9.30. The minimum Gasteiger partial charge on any atom is -0.394 e. The van der Waals surface area contributed by atoms with Gasteiger partial charge in [0.2, 0.25) is 15.9 Å². The van der Waals surface area contributed by atoms with Crippen molar-refractivity contribution >= 4 is 15.9 Å². The van der Waals surface area contributed by atoms with E-state index in [1.807, 2.05) is 0 Å². The van der Waals surface area contributed by atoms with Crippen LogP contribution in [-0.2, 0) is 19.6 Å². The number of hydrogen-bond acceptors (Lipinski definition) is 6. The summed E-state index contributed by atoms with van der Waals surface area (Å²) in [4.78, 5) is 13.6. The first-order chi connectivity index (χ1) is 10.3. The van der Waals surface area contributed by atoms with E-state index < -0.39 is 16.1 Å². The third kappa shape index (κ3) is 3.77. The van der Waals surface area contributed by atoms with Crippen LogP contribution < -0.4 is 4.72 Å². The van der Waals surface area contributed by atoms with Crippen molar-refractivity contribution in [1.82, 2.24) is 9.62 Å². The lowest BCUT2D eigenvalue weighted by molar-refractivity contribution is -0.213. The molecule has 0 aromatic heterocycles. The van der Waals surface area contributed by atoms with Gasteiger partial charge in [-0.25, -0.2) is 13.1 Å². The number of sulfonamides is 1. The molecular weight excluding hydrogens is 312 g/mol. The van der Waals surface area contributed by atoms with Crippen molar-refractivity contribution in [3.63, 3.8) is 0 Å². The second-order valence-electron chi connectivity index (χ2n) is 6.04. The highest BCUT2D eigenvalue weighted by molar-refractivity contribution is 7.88. The van der Waals surface area contributed by atoms with Crippen molar-refractivity contribution < 1.29 is 28.2 Å². The van der Waals surface area contributed by atoms with E-state index in [1.54, 1.807) is 4.90 Å². The molecule has 1 amide bonds. The molecule has 2 atom stereocenters. The Bertz CT molecular complexity index is 501. The van der Waals surface area contributed by atoms with Crippen molar-refractivity contribution in [3.05, 3.63) is 0 Å². The molecule has 3 N–H and O–H groups in total. The van der Waals surface area contributed by atoms with Gasteiger partial charge in [-0.1, -0.05) is 0 Å². The van der Waals surface area contributed by atoms with Gasteiger partial charge in [-0.2, -0.15) is 0 Å². The summed E-state index contributed by atoms with van der Waals surface area (Å²) in [6.45, 7) is 0.907. The second-order valence-corrected chi connectivity index (χ2v) is 7.87. The molecule has 1 aliphatic heterocycles. The van der Waals surface area contributed by atoms with Crippen LogP contribution in [0.3, 0.4) is 0 Å². The van der Waals surface area contributed by atoms with Gasteiger partial charge < -0.3 is 19.8 Å². The molecule has 0 unspecified atom stereocenters. The van der Waals surface area contributed by atoms with Crippen LogP contribution in [0.15, 0.2) is 0 Å². The van der Waals surface area contributed by atoms with E-state index in [1.165, 1.54) is 0 Å². The number of amides is 1. The molecule has 2 rings (SSSR count). The Morgan fingerprint density at radius 1 is 1.41 bits per heavy atom. The largest absolute Gasteiger partial charge is 0.394 e. The van der Waals surface area contributed by atoms with Crippen LogP contribution in [0, 0.1) is 5.41 Å². The number of aliphatic hydroxyl groups is 2. The van der Waals surface area contributed by atoms with Crippen molar-refractivity contribution in [3.8, 4) is 0 Å². The number of ether oxygens (including phenoxy) is 1. The predicted octanol–water partition coefficient (Wildman–Crippen LogP) is -1.71. The summed E-state index contributed by atoms with van der Waals surface area (Å²) < 4.78 is 29.8. The number of carbonyl (C=O) groups is 1. The van der Waals surface area contributed by atoms with Crippen LogP contribution in [0.2, 0.25) is 0 Å². The van der Waals surface area contributed by atoms with Crippen LogP contribution in [0.5, 0.6) is 0 Å². The van der Waals surface area contributed by atoms with E-state index >= 15 is 0 Å². The fourth-order valence-electron chi connectivity index (χ4n) is 3.29. The first kappa shape index (κ1) is 17.6. The van der Waals surface area contributed by atoms with E-state index in [-0.39, 0.29) is 37.2 Å². The molecule has 9 heteroatoms. The summed E-state index contributed by atoms with van der Waals surface area (Å²) >= 11 is 0. The number of hydrogen-bond donors (Lipinski definition) is 3. The highest BCUT2D eigenvalue weighted by Crippen LogP contribution is 2.50. The molecule has 1 saturated heterocycles. The fraction of sp³-hybridized carbons (Fsp3) is 0.923. The van der Waals surface area contributed by atoms with Gasteiger partial charge >= 0.3 is 0 Å². The van der Waals surface area contributed by atoms with Crippen molar-refractivity contribution in [1.29, 1.82) is 0 Å². The third-order valence-electron chi connectivity index (χ3n) is 4.69. The van der Waals surface area contributed by atoms with Crippen LogP contribution in [0.1, 0.15) is 19.3 Å². The maximum atomic E-state index is 12.0. The molecule has 1 heterocycles. The third-order valence-corrected chi connectivity index (χ3v) is 5.35. The average molecular weight is 336 g/mol. The first-order valence-electron chi connectivity index (χ1n) is 7.41. The van der Waals surface area contributed by atoms with Crippen molar-refractivity contribution in [2.45, 2.75) is 31.5 Å². The summed E-state index contributed by atoms with van der Waals surface area (Å²) in [6.07, 6.45) is 2.29. The summed E-state index contributed by atoms with van der Waals surface area (Å²) in [5.41, 5.74) is -0.337. The van der Waals surface area contributed by atoms with Gasteiger partial charge in [0, 0.05) is 24.9 Å². The Labute approximate surface area is 130 Å². The highest BCUT2D eigenvalue weighted by atomic mass is 32.2. The van der Waals surface area contributed by atoms with Gasteiger partial charge in [0.15, 0.2) is 0 Å².